The molecule has 27 heavy (non-hydrogen) atoms. The molecule has 2 fully saturated rings. The molecule has 1 aliphatic heterocycles. The van der Waals surface area contributed by atoms with Crippen LogP contribution in [0.1, 0.15) is 57.4 Å². The van der Waals surface area contributed by atoms with Crippen LogP contribution in [-0.2, 0) is 14.8 Å². The molecule has 1 aliphatic carbocycles. The molecule has 0 amide bonds. The summed E-state index contributed by atoms with van der Waals surface area (Å²) in [4.78, 5) is 2.37. The zero-order valence-corrected chi connectivity index (χ0v) is 17.6. The summed E-state index contributed by atoms with van der Waals surface area (Å²) in [5.74, 6) is 0.643. The molecule has 1 N–H and O–H groups in total. The van der Waals surface area contributed by atoms with Gasteiger partial charge in [0.1, 0.15) is 0 Å². The highest BCUT2D eigenvalue weighted by Crippen LogP contribution is 2.34. The van der Waals surface area contributed by atoms with Crippen molar-refractivity contribution >= 4 is 10.0 Å². The summed E-state index contributed by atoms with van der Waals surface area (Å²) in [7, 11) is -3.20. The van der Waals surface area contributed by atoms with Gasteiger partial charge in [-0.25, -0.2) is 13.1 Å². The minimum Gasteiger partial charge on any atom is -0.377 e. The number of nitrogens with one attached hydrogen (secondary N) is 1. The maximum atomic E-state index is 11.7. The second kappa shape index (κ2) is 9.03. The lowest BCUT2D eigenvalue weighted by Gasteiger charge is -2.34. The highest BCUT2D eigenvalue weighted by atomic mass is 32.2. The van der Waals surface area contributed by atoms with Crippen LogP contribution in [0.3, 0.4) is 0 Å². The third-order valence-corrected chi connectivity index (χ3v) is 6.80. The minimum absolute atomic E-state index is 0.0527. The molecule has 0 bridgehead atoms. The van der Waals surface area contributed by atoms with Crippen LogP contribution in [0.2, 0.25) is 0 Å². The molecule has 1 aromatic carbocycles. The standard InChI is InChI=1S/C21H34N2O3S/c1-16(2)23-14-13-20(22-27(3,24)25)21(23)15-26-19-11-9-18(10-12-19)17-7-5-4-6-8-17/h4-8,16,18-22H,9-15H2,1-3H3/t18?,19?,20-,21-/m0/s1. The first kappa shape index (κ1) is 20.8. The highest BCUT2D eigenvalue weighted by molar-refractivity contribution is 7.88. The van der Waals surface area contributed by atoms with E-state index in [1.807, 2.05) is 0 Å². The van der Waals surface area contributed by atoms with Crippen molar-refractivity contribution in [2.75, 3.05) is 19.4 Å². The lowest BCUT2D eigenvalue weighted by molar-refractivity contribution is -0.0109. The van der Waals surface area contributed by atoms with Crippen molar-refractivity contribution in [2.24, 2.45) is 0 Å². The van der Waals surface area contributed by atoms with Crippen LogP contribution in [0, 0.1) is 0 Å². The molecule has 1 saturated carbocycles. The molecule has 3 rings (SSSR count). The Morgan fingerprint density at radius 1 is 1.11 bits per heavy atom. The van der Waals surface area contributed by atoms with Crippen molar-refractivity contribution in [1.82, 2.24) is 9.62 Å². The topological polar surface area (TPSA) is 58.6 Å². The second-order valence-electron chi connectivity index (χ2n) is 8.40. The number of hydrogen-bond donors (Lipinski definition) is 1. The average molecular weight is 395 g/mol. The van der Waals surface area contributed by atoms with Crippen molar-refractivity contribution in [1.29, 1.82) is 0 Å². The Bertz CT molecular complexity index is 685. The highest BCUT2D eigenvalue weighted by Gasteiger charge is 2.37. The van der Waals surface area contributed by atoms with Crippen LogP contribution >= 0.6 is 0 Å². The normalized spacial score (nSPS) is 30.1. The molecule has 1 aromatic rings. The fourth-order valence-electron chi connectivity index (χ4n) is 4.67. The van der Waals surface area contributed by atoms with Gasteiger partial charge < -0.3 is 4.74 Å². The number of rotatable bonds is 7. The third-order valence-electron chi connectivity index (χ3n) is 6.07. The predicted octanol–water partition coefficient (Wildman–Crippen LogP) is 3.13. The quantitative estimate of drug-likeness (QED) is 0.772. The summed E-state index contributed by atoms with van der Waals surface area (Å²) < 4.78 is 32.6. The van der Waals surface area contributed by atoms with E-state index in [2.05, 4.69) is 53.8 Å². The van der Waals surface area contributed by atoms with Gasteiger partial charge in [-0.2, -0.15) is 0 Å². The zero-order valence-electron chi connectivity index (χ0n) is 16.8. The molecular formula is C21H34N2O3S. The van der Waals surface area contributed by atoms with E-state index in [1.165, 1.54) is 11.8 Å². The third kappa shape index (κ3) is 5.76. The van der Waals surface area contributed by atoms with Crippen molar-refractivity contribution < 1.29 is 13.2 Å². The molecule has 2 atom stereocenters. The lowest BCUT2D eigenvalue weighted by Crippen LogP contribution is -2.49. The van der Waals surface area contributed by atoms with Crippen molar-refractivity contribution in [3.8, 4) is 0 Å². The Hall–Kier alpha value is -0.950. The van der Waals surface area contributed by atoms with Gasteiger partial charge in [-0.1, -0.05) is 30.3 Å². The molecular weight excluding hydrogens is 360 g/mol. The Morgan fingerprint density at radius 2 is 1.78 bits per heavy atom. The molecule has 0 aromatic heterocycles. The summed E-state index contributed by atoms with van der Waals surface area (Å²) in [6.45, 7) is 5.85. The Labute approximate surface area is 164 Å². The van der Waals surface area contributed by atoms with Gasteiger partial charge in [0.2, 0.25) is 10.0 Å². The Balaban J connectivity index is 1.53. The molecule has 1 saturated heterocycles. The number of nitrogens with zero attached hydrogens (tertiary/aromatic N) is 1. The van der Waals surface area contributed by atoms with Crippen molar-refractivity contribution in [3.05, 3.63) is 35.9 Å². The number of benzene rings is 1. The number of ether oxygens (including phenoxy) is 1. The van der Waals surface area contributed by atoms with Crippen LogP contribution in [0.4, 0.5) is 0 Å². The van der Waals surface area contributed by atoms with E-state index in [1.54, 1.807) is 0 Å². The first-order valence-electron chi connectivity index (χ1n) is 10.2. The lowest BCUT2D eigenvalue weighted by atomic mass is 9.83. The molecule has 0 unspecified atom stereocenters. The van der Waals surface area contributed by atoms with Crippen LogP contribution in [0.5, 0.6) is 0 Å². The molecule has 1 heterocycles. The van der Waals surface area contributed by atoms with E-state index in [4.69, 9.17) is 4.74 Å². The van der Waals surface area contributed by atoms with Gasteiger partial charge in [-0.05, 0) is 57.4 Å². The fraction of sp³-hybridized carbons (Fsp3) is 0.714. The van der Waals surface area contributed by atoms with Crippen LogP contribution in [-0.4, -0.2) is 57.0 Å². The van der Waals surface area contributed by atoms with Crippen molar-refractivity contribution in [2.45, 2.75) is 76.1 Å². The smallest absolute Gasteiger partial charge is 0.209 e. The van der Waals surface area contributed by atoms with E-state index in [9.17, 15) is 8.42 Å². The predicted molar refractivity (Wildman–Crippen MR) is 109 cm³/mol. The summed E-state index contributed by atoms with van der Waals surface area (Å²) >= 11 is 0. The Morgan fingerprint density at radius 3 is 2.37 bits per heavy atom. The van der Waals surface area contributed by atoms with Crippen LogP contribution in [0.25, 0.3) is 0 Å². The van der Waals surface area contributed by atoms with Gasteiger partial charge >= 0.3 is 0 Å². The second-order valence-corrected chi connectivity index (χ2v) is 10.2. The monoisotopic (exact) mass is 394 g/mol. The van der Waals surface area contributed by atoms with Gasteiger partial charge in [-0.15, -0.1) is 0 Å². The van der Waals surface area contributed by atoms with Crippen LogP contribution in [0.15, 0.2) is 30.3 Å². The van der Waals surface area contributed by atoms with E-state index in [0.717, 1.165) is 38.6 Å². The van der Waals surface area contributed by atoms with E-state index in [-0.39, 0.29) is 12.1 Å². The van der Waals surface area contributed by atoms with Gasteiger partial charge in [-0.3, -0.25) is 4.90 Å². The zero-order chi connectivity index (χ0) is 19.4. The van der Waals surface area contributed by atoms with Gasteiger partial charge in [0.25, 0.3) is 0 Å². The largest absolute Gasteiger partial charge is 0.377 e. The number of likely N-dealkylation sites (tertiary alicyclic amines) is 1. The average Bonchev–Trinajstić information content (AvgIpc) is 3.02. The summed E-state index contributed by atoms with van der Waals surface area (Å²) in [5.41, 5.74) is 1.44. The van der Waals surface area contributed by atoms with Crippen LogP contribution < -0.4 is 4.72 Å². The van der Waals surface area contributed by atoms with E-state index < -0.39 is 10.0 Å². The molecule has 2 aliphatic rings. The SMILES string of the molecule is CC(C)N1CC[C@H](NS(C)(=O)=O)[C@@H]1COC1CCC(c2ccccc2)CC1. The molecule has 0 spiro atoms. The fourth-order valence-corrected chi connectivity index (χ4v) is 5.49. The first-order chi connectivity index (χ1) is 12.8. The van der Waals surface area contributed by atoms with Gasteiger partial charge in [0.05, 0.1) is 19.0 Å². The van der Waals surface area contributed by atoms with E-state index in [0.29, 0.717) is 24.7 Å². The number of sulfonamides is 1. The maximum Gasteiger partial charge on any atom is 0.209 e. The molecule has 5 nitrogen and oxygen atoms in total. The Kier molecular flexibility index (Phi) is 6.95. The van der Waals surface area contributed by atoms with Gasteiger partial charge in [0.15, 0.2) is 0 Å². The van der Waals surface area contributed by atoms with Crippen molar-refractivity contribution in [3.63, 3.8) is 0 Å². The number of hydrogen-bond acceptors (Lipinski definition) is 4. The first-order valence-corrected chi connectivity index (χ1v) is 12.1. The molecule has 0 radical (unpaired) electrons. The minimum atomic E-state index is -3.20. The maximum absolute atomic E-state index is 11.7. The summed E-state index contributed by atoms with van der Waals surface area (Å²) in [6, 6.07) is 11.2. The van der Waals surface area contributed by atoms with E-state index >= 15 is 0 Å². The molecule has 152 valence electrons. The summed E-state index contributed by atoms with van der Waals surface area (Å²) in [5, 5.41) is 0. The van der Waals surface area contributed by atoms with Gasteiger partial charge in [0, 0.05) is 24.7 Å². The summed E-state index contributed by atoms with van der Waals surface area (Å²) in [6.07, 6.45) is 6.87. The molecule has 6 heteroatoms.